The van der Waals surface area contributed by atoms with E-state index in [1.807, 2.05) is 0 Å². The van der Waals surface area contributed by atoms with Gasteiger partial charge in [-0.25, -0.2) is 13.1 Å². The van der Waals surface area contributed by atoms with E-state index in [0.29, 0.717) is 0 Å². The SMILES string of the molecule is Cc1cccc([N+](=O)[O-])c1S(=O)(=O)NC(C)(C)CC(=O)O. The minimum atomic E-state index is -4.22. The molecule has 1 aromatic carbocycles. The minimum Gasteiger partial charge on any atom is -0.481 e. The van der Waals surface area contributed by atoms with Gasteiger partial charge in [-0.05, 0) is 26.3 Å². The monoisotopic (exact) mass is 316 g/mol. The zero-order valence-corrected chi connectivity index (χ0v) is 12.6. The summed E-state index contributed by atoms with van der Waals surface area (Å²) in [5.74, 6) is -1.18. The quantitative estimate of drug-likeness (QED) is 0.604. The Kier molecular flexibility index (Phi) is 4.69. The van der Waals surface area contributed by atoms with E-state index in [-0.39, 0.29) is 5.56 Å². The number of nitro groups is 1. The van der Waals surface area contributed by atoms with Crippen molar-refractivity contribution in [3.63, 3.8) is 0 Å². The van der Waals surface area contributed by atoms with Crippen LogP contribution in [0.25, 0.3) is 0 Å². The highest BCUT2D eigenvalue weighted by Crippen LogP contribution is 2.28. The average Bonchev–Trinajstić information content (AvgIpc) is 2.24. The second-order valence-corrected chi connectivity index (χ2v) is 6.86. The predicted molar refractivity (Wildman–Crippen MR) is 74.5 cm³/mol. The number of benzene rings is 1. The molecule has 0 unspecified atom stereocenters. The number of carbonyl (C=O) groups is 1. The lowest BCUT2D eigenvalue weighted by atomic mass is 10.0. The Labute approximate surface area is 122 Å². The van der Waals surface area contributed by atoms with Gasteiger partial charge >= 0.3 is 5.97 Å². The van der Waals surface area contributed by atoms with E-state index in [1.54, 1.807) is 0 Å². The molecular weight excluding hydrogens is 300 g/mol. The third-order valence-electron chi connectivity index (χ3n) is 2.66. The molecule has 0 aliphatic rings. The van der Waals surface area contributed by atoms with E-state index in [9.17, 15) is 23.3 Å². The minimum absolute atomic E-state index is 0.211. The third kappa shape index (κ3) is 4.23. The standard InChI is InChI=1S/C12H16N2O6S/c1-8-5-4-6-9(14(17)18)11(8)21(19,20)13-12(2,3)7-10(15)16/h4-6,13H,7H2,1-3H3,(H,15,16). The maximum atomic E-state index is 12.4. The van der Waals surface area contributed by atoms with Crippen LogP contribution in [-0.4, -0.2) is 30.0 Å². The van der Waals surface area contributed by atoms with Crippen LogP contribution in [0.4, 0.5) is 5.69 Å². The first-order valence-corrected chi connectivity index (χ1v) is 7.44. The zero-order valence-electron chi connectivity index (χ0n) is 11.8. The number of hydrogen-bond donors (Lipinski definition) is 2. The largest absolute Gasteiger partial charge is 0.481 e. The number of hydrogen-bond acceptors (Lipinski definition) is 5. The number of nitrogens with one attached hydrogen (secondary N) is 1. The smallest absolute Gasteiger partial charge is 0.305 e. The molecule has 0 radical (unpaired) electrons. The molecular formula is C12H16N2O6S. The number of nitrogens with zero attached hydrogens (tertiary/aromatic N) is 1. The van der Waals surface area contributed by atoms with Crippen LogP contribution in [0.2, 0.25) is 0 Å². The molecule has 0 spiro atoms. The van der Waals surface area contributed by atoms with E-state index < -0.39 is 43.5 Å². The molecule has 9 heteroatoms. The van der Waals surface area contributed by atoms with E-state index >= 15 is 0 Å². The summed E-state index contributed by atoms with van der Waals surface area (Å²) in [5.41, 5.74) is -1.61. The lowest BCUT2D eigenvalue weighted by molar-refractivity contribution is -0.387. The van der Waals surface area contributed by atoms with Crippen LogP contribution < -0.4 is 4.72 Å². The highest BCUT2D eigenvalue weighted by molar-refractivity contribution is 7.89. The van der Waals surface area contributed by atoms with Gasteiger partial charge < -0.3 is 5.11 Å². The summed E-state index contributed by atoms with van der Waals surface area (Å²) in [7, 11) is -4.22. The first-order chi connectivity index (χ1) is 9.46. The first-order valence-electron chi connectivity index (χ1n) is 5.96. The lowest BCUT2D eigenvalue weighted by Gasteiger charge is -2.24. The van der Waals surface area contributed by atoms with Crippen LogP contribution in [0, 0.1) is 17.0 Å². The molecule has 0 aliphatic heterocycles. The molecule has 1 rings (SSSR count). The van der Waals surface area contributed by atoms with Crippen LogP contribution in [0.15, 0.2) is 23.1 Å². The van der Waals surface area contributed by atoms with Gasteiger partial charge in [-0.2, -0.15) is 0 Å². The number of nitro benzene ring substituents is 1. The topological polar surface area (TPSA) is 127 Å². The maximum Gasteiger partial charge on any atom is 0.305 e. The molecule has 0 heterocycles. The van der Waals surface area contributed by atoms with Crippen molar-refractivity contribution in [2.24, 2.45) is 0 Å². The Morgan fingerprint density at radius 2 is 2.00 bits per heavy atom. The van der Waals surface area contributed by atoms with Gasteiger partial charge in [0.1, 0.15) is 0 Å². The van der Waals surface area contributed by atoms with Gasteiger partial charge in [0.25, 0.3) is 5.69 Å². The molecule has 0 fully saturated rings. The fourth-order valence-corrected chi connectivity index (χ4v) is 3.77. The summed E-state index contributed by atoms with van der Waals surface area (Å²) < 4.78 is 26.9. The Morgan fingerprint density at radius 1 is 1.43 bits per heavy atom. The highest BCUT2D eigenvalue weighted by Gasteiger charge is 2.33. The normalized spacial score (nSPS) is 12.1. The van der Waals surface area contributed by atoms with E-state index in [2.05, 4.69) is 4.72 Å². The molecule has 1 aromatic rings. The van der Waals surface area contributed by atoms with Crippen molar-refractivity contribution in [2.75, 3.05) is 0 Å². The van der Waals surface area contributed by atoms with Gasteiger partial charge in [-0.15, -0.1) is 0 Å². The van der Waals surface area contributed by atoms with Crippen LogP contribution in [0.3, 0.4) is 0 Å². The number of rotatable bonds is 6. The van der Waals surface area contributed by atoms with Gasteiger partial charge in [0.2, 0.25) is 10.0 Å². The Hall–Kier alpha value is -2.00. The van der Waals surface area contributed by atoms with Crippen molar-refractivity contribution < 1.29 is 23.2 Å². The lowest BCUT2D eigenvalue weighted by Crippen LogP contribution is -2.45. The Bertz CT molecular complexity index is 681. The van der Waals surface area contributed by atoms with Gasteiger partial charge in [0.15, 0.2) is 4.90 Å². The highest BCUT2D eigenvalue weighted by atomic mass is 32.2. The molecule has 0 aliphatic carbocycles. The summed E-state index contributed by atoms with van der Waals surface area (Å²) in [6.07, 6.45) is -0.452. The fourth-order valence-electron chi connectivity index (χ4n) is 1.96. The van der Waals surface area contributed by atoms with Crippen molar-refractivity contribution in [1.82, 2.24) is 4.72 Å². The van der Waals surface area contributed by atoms with Gasteiger partial charge in [0, 0.05) is 11.6 Å². The Balaban J connectivity index is 3.33. The van der Waals surface area contributed by atoms with Crippen LogP contribution >= 0.6 is 0 Å². The number of aliphatic carboxylic acids is 1. The number of carboxylic acid groups (broad SMARTS) is 1. The number of aryl methyl sites for hydroxylation is 1. The van der Waals surface area contributed by atoms with Crippen molar-refractivity contribution in [3.8, 4) is 0 Å². The maximum absolute atomic E-state index is 12.4. The second kappa shape index (κ2) is 5.78. The molecule has 8 nitrogen and oxygen atoms in total. The number of carboxylic acids is 1. The molecule has 0 saturated heterocycles. The zero-order chi connectivity index (χ0) is 16.4. The van der Waals surface area contributed by atoms with Gasteiger partial charge in [-0.1, -0.05) is 12.1 Å². The van der Waals surface area contributed by atoms with Crippen molar-refractivity contribution in [2.45, 2.75) is 37.6 Å². The molecule has 116 valence electrons. The van der Waals surface area contributed by atoms with Gasteiger partial charge in [0.05, 0.1) is 11.3 Å². The molecule has 0 amide bonds. The van der Waals surface area contributed by atoms with Crippen molar-refractivity contribution in [3.05, 3.63) is 33.9 Å². The number of sulfonamides is 1. The molecule has 21 heavy (non-hydrogen) atoms. The molecule has 0 atom stereocenters. The molecule has 0 bridgehead atoms. The summed E-state index contributed by atoms with van der Waals surface area (Å²) in [6, 6.07) is 3.91. The van der Waals surface area contributed by atoms with Crippen molar-refractivity contribution >= 4 is 21.7 Å². The van der Waals surface area contributed by atoms with E-state index in [1.165, 1.54) is 32.9 Å². The van der Waals surface area contributed by atoms with E-state index in [0.717, 1.165) is 6.07 Å². The summed E-state index contributed by atoms with van der Waals surface area (Å²) in [6.45, 7) is 4.22. The summed E-state index contributed by atoms with van der Waals surface area (Å²) in [4.78, 5) is 20.5. The third-order valence-corrected chi connectivity index (χ3v) is 4.55. The summed E-state index contributed by atoms with van der Waals surface area (Å²) in [5, 5.41) is 19.8. The average molecular weight is 316 g/mol. The first kappa shape index (κ1) is 17.1. The fraction of sp³-hybridized carbons (Fsp3) is 0.417. The van der Waals surface area contributed by atoms with Crippen LogP contribution in [0.5, 0.6) is 0 Å². The second-order valence-electron chi connectivity index (χ2n) is 5.24. The van der Waals surface area contributed by atoms with Crippen LogP contribution in [0.1, 0.15) is 25.8 Å². The molecule has 0 saturated carbocycles. The van der Waals surface area contributed by atoms with E-state index in [4.69, 9.17) is 5.11 Å². The van der Waals surface area contributed by atoms with Gasteiger partial charge in [-0.3, -0.25) is 14.9 Å². The molecule has 2 N–H and O–H groups in total. The molecule has 0 aromatic heterocycles. The van der Waals surface area contributed by atoms with Crippen LogP contribution in [-0.2, 0) is 14.8 Å². The predicted octanol–water partition coefficient (Wildman–Crippen LogP) is 1.43. The summed E-state index contributed by atoms with van der Waals surface area (Å²) >= 11 is 0. The Morgan fingerprint density at radius 3 is 2.48 bits per heavy atom. The van der Waals surface area contributed by atoms with Crippen molar-refractivity contribution in [1.29, 1.82) is 0 Å².